The van der Waals surface area contributed by atoms with E-state index in [1.54, 1.807) is 46.3 Å². The number of hydrogen-bond acceptors (Lipinski definition) is 12. The zero-order chi connectivity index (χ0) is 49.5. The number of nitrogens with zero attached hydrogens (tertiary/aromatic N) is 6. The molecule has 8 rings (SSSR count). The first-order valence-electron chi connectivity index (χ1n) is 23.7. The summed E-state index contributed by atoms with van der Waals surface area (Å²) >= 11 is 0. The average molecular weight is 945 g/mol. The van der Waals surface area contributed by atoms with Crippen LogP contribution in [0.15, 0.2) is 60.9 Å². The number of imidazole rings is 1. The van der Waals surface area contributed by atoms with Crippen LogP contribution in [0.3, 0.4) is 0 Å². The Bertz CT molecular complexity index is 2790. The number of pyridine rings is 1. The molecule has 5 N–H and O–H groups in total. The Labute approximate surface area is 402 Å². The molecule has 0 saturated carbocycles. The predicted molar refractivity (Wildman–Crippen MR) is 260 cm³/mol. The van der Waals surface area contributed by atoms with Gasteiger partial charge in [-0.2, -0.15) is 0 Å². The summed E-state index contributed by atoms with van der Waals surface area (Å²) in [5.74, 6) is -2.53. The fraction of sp³-hybridized carbons (Fsp3) is 0.471. The van der Waals surface area contributed by atoms with Gasteiger partial charge in [0, 0.05) is 75.3 Å². The molecule has 6 bridgehead atoms. The van der Waals surface area contributed by atoms with E-state index in [4.69, 9.17) is 14.5 Å². The normalized spacial score (nSPS) is 20.2. The number of nitrogens with one attached hydrogen (secondary N) is 4. The smallest absolute Gasteiger partial charge is 0.324 e. The van der Waals surface area contributed by atoms with Crippen molar-refractivity contribution in [2.75, 3.05) is 39.2 Å². The summed E-state index contributed by atoms with van der Waals surface area (Å²) < 4.78 is 15.7. The highest BCUT2D eigenvalue weighted by atomic mass is 16.5. The number of methoxy groups -OCH3 is 1. The lowest BCUT2D eigenvalue weighted by Gasteiger charge is -2.36. The summed E-state index contributed by atoms with van der Waals surface area (Å²) in [7, 11) is 4.77. The van der Waals surface area contributed by atoms with E-state index < -0.39 is 53.1 Å². The van der Waals surface area contributed by atoms with Crippen LogP contribution in [0.25, 0.3) is 33.3 Å². The van der Waals surface area contributed by atoms with Gasteiger partial charge in [-0.15, -0.1) is 0 Å². The van der Waals surface area contributed by atoms with Crippen molar-refractivity contribution in [3.05, 3.63) is 83.6 Å². The van der Waals surface area contributed by atoms with Gasteiger partial charge in [-0.3, -0.25) is 34.0 Å². The van der Waals surface area contributed by atoms with Crippen LogP contribution in [-0.4, -0.2) is 122 Å². The summed E-state index contributed by atoms with van der Waals surface area (Å²) in [5, 5.41) is 22.4. The van der Waals surface area contributed by atoms with Crippen molar-refractivity contribution in [2.24, 2.45) is 18.4 Å². The Morgan fingerprint density at radius 1 is 1.07 bits per heavy atom. The molecule has 366 valence electrons. The van der Waals surface area contributed by atoms with Gasteiger partial charge in [0.05, 0.1) is 36.3 Å². The van der Waals surface area contributed by atoms with Crippen molar-refractivity contribution in [3.8, 4) is 28.1 Å². The molecular weight excluding hydrogens is 881 g/mol. The minimum absolute atomic E-state index is 0.00345. The van der Waals surface area contributed by atoms with Crippen LogP contribution in [0.1, 0.15) is 87.9 Å². The summed E-state index contributed by atoms with van der Waals surface area (Å²) in [6.07, 6.45) is 4.27. The maximum Gasteiger partial charge on any atom is 0.324 e. The zero-order valence-electron chi connectivity index (χ0n) is 40.9. The second kappa shape index (κ2) is 19.8. The molecule has 5 aromatic rings. The monoisotopic (exact) mass is 944 g/mol. The van der Waals surface area contributed by atoms with Crippen molar-refractivity contribution < 1.29 is 38.6 Å². The summed E-state index contributed by atoms with van der Waals surface area (Å²) in [4.78, 5) is 80.3. The minimum atomic E-state index is -1.21. The Morgan fingerprint density at radius 2 is 1.84 bits per heavy atom. The second-order valence-electron chi connectivity index (χ2n) is 19.6. The van der Waals surface area contributed by atoms with Crippen LogP contribution >= 0.6 is 0 Å². The van der Waals surface area contributed by atoms with E-state index in [9.17, 15) is 29.1 Å². The van der Waals surface area contributed by atoms with E-state index in [1.807, 2.05) is 25.1 Å². The Morgan fingerprint density at radius 3 is 2.55 bits per heavy atom. The quantitative estimate of drug-likeness (QED) is 0.0882. The van der Waals surface area contributed by atoms with Crippen molar-refractivity contribution >= 4 is 46.3 Å². The molecule has 4 amide bonds. The van der Waals surface area contributed by atoms with Gasteiger partial charge in [-0.25, -0.2) is 10.4 Å². The van der Waals surface area contributed by atoms with Gasteiger partial charge in [0.2, 0.25) is 17.6 Å². The first kappa shape index (κ1) is 48.8. The molecule has 2 aromatic carbocycles. The maximum absolute atomic E-state index is 14.8. The number of esters is 1. The Hall–Kier alpha value is -6.63. The third-order valence-corrected chi connectivity index (χ3v) is 13.5. The lowest BCUT2D eigenvalue weighted by atomic mass is 9.84. The third-order valence-electron chi connectivity index (χ3n) is 13.5. The molecule has 2 saturated heterocycles. The molecule has 3 aliphatic heterocycles. The Balaban J connectivity index is 1.19. The molecule has 0 spiro atoms. The van der Waals surface area contributed by atoms with Crippen LogP contribution in [0.2, 0.25) is 0 Å². The molecule has 3 aromatic heterocycles. The number of carbonyl (C=O) groups excluding carboxylic acids is 5. The topological polar surface area (TPSA) is 224 Å². The molecule has 6 heterocycles. The van der Waals surface area contributed by atoms with Gasteiger partial charge < -0.3 is 44.6 Å². The molecule has 5 atom stereocenters. The van der Waals surface area contributed by atoms with E-state index >= 15 is 0 Å². The van der Waals surface area contributed by atoms with Gasteiger partial charge >= 0.3 is 5.97 Å². The molecule has 18 nitrogen and oxygen atoms in total. The largest absolute Gasteiger partial charge is 0.508 e. The zero-order valence-corrected chi connectivity index (χ0v) is 40.9. The maximum atomic E-state index is 14.8. The minimum Gasteiger partial charge on any atom is -0.508 e. The Kier molecular flexibility index (Phi) is 14.0. The summed E-state index contributed by atoms with van der Waals surface area (Å²) in [6.45, 7) is 13.4. The molecule has 2 fully saturated rings. The lowest BCUT2D eigenvalue weighted by Crippen LogP contribution is -2.62. The number of cyclic esters (lactones) is 1. The number of phenols is 1. The van der Waals surface area contributed by atoms with Crippen LogP contribution < -0.4 is 21.4 Å². The number of rotatable bonds is 11. The molecule has 0 aliphatic carbocycles. The molecule has 0 radical (unpaired) electrons. The highest BCUT2D eigenvalue weighted by molar-refractivity contribution is 5.99. The highest BCUT2D eigenvalue weighted by Gasteiger charge is 2.39. The number of phenolic OH excluding ortho intramolecular Hbond substituents is 1. The van der Waals surface area contributed by atoms with Gasteiger partial charge in [-0.1, -0.05) is 39.8 Å². The lowest BCUT2D eigenvalue weighted by molar-refractivity contribution is -0.155. The standard InChI is InChI=1S/C51H64N10O8/c1-10-60-40-16-15-31-23-35(40)36(44(60)34-13-11-17-52-42(34)29(4)68-9)24-51(5,6)27-69-50(67)37-14-12-18-61(57-37)48(65)38(21-30-19-32(31)22-33(62)20-30)55-47(64)43(28(2)3)59(8)49(66)45-54-26-41(58(45)7)56-46(63)39-25-53-39/h11,13,15-17,19-20,22-23,26,28-29,37-39,43,53,57,62H,10,12,14,18,21,24-25,27H2,1-9H3,(H,55,64)(H,56,63)/t29-,37-,38-,39+,43?/m0/s1. The molecule has 3 aliphatic rings. The number of hydrogen-bond donors (Lipinski definition) is 5. The number of hydrazine groups is 1. The third kappa shape index (κ3) is 10.1. The first-order valence-corrected chi connectivity index (χ1v) is 23.7. The highest BCUT2D eigenvalue weighted by Crippen LogP contribution is 2.42. The fourth-order valence-corrected chi connectivity index (χ4v) is 9.72. The van der Waals surface area contributed by atoms with Gasteiger partial charge in [-0.05, 0) is 97.7 Å². The van der Waals surface area contributed by atoms with Crippen LogP contribution in [0, 0.1) is 11.3 Å². The fourth-order valence-electron chi connectivity index (χ4n) is 9.72. The van der Waals surface area contributed by atoms with E-state index in [0.29, 0.717) is 49.3 Å². The molecule has 18 heteroatoms. The summed E-state index contributed by atoms with van der Waals surface area (Å²) in [6, 6.07) is 12.0. The van der Waals surface area contributed by atoms with Gasteiger partial charge in [0.25, 0.3) is 11.8 Å². The number of likely N-dealkylation sites (N-methyl/N-ethyl adjacent to an activating group) is 1. The van der Waals surface area contributed by atoms with E-state index in [-0.39, 0.29) is 49.2 Å². The number of anilines is 1. The summed E-state index contributed by atoms with van der Waals surface area (Å²) in [5.41, 5.74) is 9.42. The number of aromatic nitrogens is 4. The predicted octanol–water partition coefficient (Wildman–Crippen LogP) is 4.89. The van der Waals surface area contributed by atoms with Crippen molar-refractivity contribution in [2.45, 2.75) is 104 Å². The molecule has 69 heavy (non-hydrogen) atoms. The van der Waals surface area contributed by atoms with Gasteiger partial charge in [0.15, 0.2) is 0 Å². The number of aromatic hydroxyl groups is 1. The van der Waals surface area contributed by atoms with Gasteiger partial charge in [0.1, 0.15) is 29.7 Å². The molecular formula is C51H64N10O8. The first-order chi connectivity index (χ1) is 32.9. The van der Waals surface area contributed by atoms with Crippen LogP contribution in [0.5, 0.6) is 5.75 Å². The number of ether oxygens (including phenoxy) is 2. The van der Waals surface area contributed by atoms with E-state index in [1.165, 1.54) is 27.7 Å². The number of carbonyl (C=O) groups is 5. The van der Waals surface area contributed by atoms with E-state index in [2.05, 4.69) is 69.9 Å². The second-order valence-corrected chi connectivity index (χ2v) is 19.6. The number of amides is 4. The molecule has 1 unspecified atom stereocenters. The average Bonchev–Trinajstić information content (AvgIpc) is 4.07. The number of benzene rings is 2. The number of fused-ring (bicyclic) bond motifs is 6. The van der Waals surface area contributed by atoms with Crippen molar-refractivity contribution in [1.29, 1.82) is 0 Å². The van der Waals surface area contributed by atoms with Crippen molar-refractivity contribution in [3.63, 3.8) is 0 Å². The SMILES string of the molecule is CCn1c(-c2cccnc2[C@H](C)OC)c2c3cc(ccc31)-c1cc(O)cc(c1)C[C@H](NC(=O)C(C(C)C)N(C)C(=O)c1ncc(NC(=O)[C@H]3CN3)n1C)C(=O)N1CCC[C@H](N1)C(=O)OCC(C)(C)C2. The number of aryl methyl sites for hydroxylation is 1. The van der Waals surface area contributed by atoms with Crippen LogP contribution in [0.4, 0.5) is 5.82 Å². The van der Waals surface area contributed by atoms with Crippen molar-refractivity contribution in [1.82, 2.24) is 45.1 Å². The van der Waals surface area contributed by atoms with Crippen LogP contribution in [-0.2, 0) is 55.1 Å². The van der Waals surface area contributed by atoms with E-state index in [0.717, 1.165) is 39.0 Å².